The van der Waals surface area contributed by atoms with Crippen LogP contribution >= 0.6 is 0 Å². The van der Waals surface area contributed by atoms with Crippen molar-refractivity contribution in [2.45, 2.75) is 19.9 Å². The van der Waals surface area contributed by atoms with Gasteiger partial charge in [-0.3, -0.25) is 14.5 Å². The van der Waals surface area contributed by atoms with Crippen LogP contribution in [-0.2, 0) is 4.79 Å². The van der Waals surface area contributed by atoms with E-state index in [0.29, 0.717) is 11.1 Å². The molecule has 3 aromatic carbocycles. The van der Waals surface area contributed by atoms with E-state index in [1.807, 2.05) is 30.3 Å². The molecule has 0 saturated carbocycles. The number of hydrogen-bond donors (Lipinski definition) is 0. The minimum Gasteiger partial charge on any atom is -0.493 e. The molecule has 0 saturated heterocycles. The molecule has 0 fully saturated rings. The number of carbonyl (C=O) groups is 3. The second-order valence-corrected chi connectivity index (χ2v) is 8.58. The zero-order chi connectivity index (χ0) is 25.8. The van der Waals surface area contributed by atoms with Crippen LogP contribution in [0.3, 0.4) is 0 Å². The Kier molecular flexibility index (Phi) is 6.98. The number of imide groups is 1. The minimum atomic E-state index is -1.12. The summed E-state index contributed by atoms with van der Waals surface area (Å²) in [5, 5.41) is 9.59. The molecule has 3 aromatic rings. The first-order valence-corrected chi connectivity index (χ1v) is 11.4. The molecule has 36 heavy (non-hydrogen) atoms. The maximum atomic E-state index is 13.3. The number of hydrogen-bond acceptors (Lipinski definition) is 6. The van der Waals surface area contributed by atoms with Crippen molar-refractivity contribution < 1.29 is 23.9 Å². The molecule has 0 aliphatic carbocycles. The Bertz CT molecular complexity index is 1370. The molecule has 1 unspecified atom stereocenters. The second-order valence-electron chi connectivity index (χ2n) is 8.58. The van der Waals surface area contributed by atoms with E-state index in [4.69, 9.17) is 9.47 Å². The molecule has 0 aromatic heterocycles. The Hall–Kier alpha value is -4.70. The van der Waals surface area contributed by atoms with E-state index in [1.54, 1.807) is 62.4 Å². The molecule has 1 heterocycles. The van der Waals surface area contributed by atoms with E-state index in [0.717, 1.165) is 10.5 Å². The Balaban J connectivity index is 1.61. The van der Waals surface area contributed by atoms with Crippen LogP contribution in [0, 0.1) is 17.2 Å². The molecule has 0 N–H and O–H groups in total. The van der Waals surface area contributed by atoms with Crippen molar-refractivity contribution in [3.8, 4) is 17.6 Å². The van der Waals surface area contributed by atoms with E-state index in [2.05, 4.69) is 6.07 Å². The van der Waals surface area contributed by atoms with Crippen LogP contribution in [0.15, 0.2) is 72.8 Å². The molecule has 1 aliphatic heterocycles. The van der Waals surface area contributed by atoms with Gasteiger partial charge in [-0.1, -0.05) is 62.4 Å². The number of fused-ring (bicyclic) bond motifs is 1. The first-order chi connectivity index (χ1) is 17.3. The van der Waals surface area contributed by atoms with Gasteiger partial charge in [0.05, 0.1) is 29.9 Å². The van der Waals surface area contributed by atoms with Crippen molar-refractivity contribution in [1.29, 1.82) is 5.26 Å². The molecular formula is C29H24N2O5. The summed E-state index contributed by atoms with van der Waals surface area (Å²) in [7, 11) is 1.44. The quantitative estimate of drug-likeness (QED) is 0.155. The number of amides is 2. The highest BCUT2D eigenvalue weighted by atomic mass is 16.6. The van der Waals surface area contributed by atoms with Gasteiger partial charge < -0.3 is 9.47 Å². The lowest BCUT2D eigenvalue weighted by molar-refractivity contribution is -0.140. The van der Waals surface area contributed by atoms with Gasteiger partial charge >= 0.3 is 5.97 Å². The van der Waals surface area contributed by atoms with Gasteiger partial charge in [0, 0.05) is 0 Å². The van der Waals surface area contributed by atoms with E-state index in [1.165, 1.54) is 7.11 Å². The number of carbonyl (C=O) groups excluding carboxylic acids is 3. The van der Waals surface area contributed by atoms with Crippen LogP contribution in [0.2, 0.25) is 0 Å². The molecule has 2 amide bonds. The number of nitriles is 1. The lowest BCUT2D eigenvalue weighted by Gasteiger charge is -2.27. The number of ether oxygens (including phenoxy) is 2. The second kappa shape index (κ2) is 10.3. The fourth-order valence-corrected chi connectivity index (χ4v) is 4.13. The summed E-state index contributed by atoms with van der Waals surface area (Å²) in [4.78, 5) is 40.2. The van der Waals surface area contributed by atoms with Gasteiger partial charge in [0.1, 0.15) is 6.04 Å². The third-order valence-corrected chi connectivity index (χ3v) is 5.89. The molecule has 7 nitrogen and oxygen atoms in total. The average Bonchev–Trinajstić information content (AvgIpc) is 3.13. The summed E-state index contributed by atoms with van der Waals surface area (Å²) in [6.45, 7) is 3.49. The molecule has 0 radical (unpaired) electrons. The Morgan fingerprint density at radius 3 is 2.08 bits per heavy atom. The molecular weight excluding hydrogens is 456 g/mol. The van der Waals surface area contributed by atoms with Crippen molar-refractivity contribution in [3.63, 3.8) is 0 Å². The van der Waals surface area contributed by atoms with Gasteiger partial charge in [0.25, 0.3) is 11.8 Å². The molecule has 4 rings (SSSR count). The predicted octanol–water partition coefficient (Wildman–Crippen LogP) is 4.99. The van der Waals surface area contributed by atoms with Crippen LogP contribution in [0.1, 0.15) is 45.7 Å². The summed E-state index contributed by atoms with van der Waals surface area (Å²) in [6, 6.07) is 21.7. The van der Waals surface area contributed by atoms with E-state index >= 15 is 0 Å². The summed E-state index contributed by atoms with van der Waals surface area (Å²) < 4.78 is 11.1. The predicted molar refractivity (Wildman–Crippen MR) is 134 cm³/mol. The largest absolute Gasteiger partial charge is 0.493 e. The molecule has 1 atom stereocenters. The Morgan fingerprint density at radius 2 is 1.53 bits per heavy atom. The van der Waals surface area contributed by atoms with Crippen LogP contribution in [0.5, 0.6) is 11.5 Å². The maximum absolute atomic E-state index is 13.3. The highest BCUT2D eigenvalue weighted by molar-refractivity contribution is 6.22. The maximum Gasteiger partial charge on any atom is 0.335 e. The SMILES string of the molecule is COc1cc(/C=C(\C#N)c2ccccc2)ccc1OC(=O)C(C(C)C)N1C(=O)c2ccccc2C1=O. The van der Waals surface area contributed by atoms with Gasteiger partial charge in [0.15, 0.2) is 11.5 Å². The number of nitrogens with zero attached hydrogens (tertiary/aromatic N) is 2. The monoisotopic (exact) mass is 480 g/mol. The van der Waals surface area contributed by atoms with Gasteiger partial charge in [-0.15, -0.1) is 0 Å². The van der Waals surface area contributed by atoms with E-state index in [-0.39, 0.29) is 22.6 Å². The fourth-order valence-electron chi connectivity index (χ4n) is 4.13. The summed E-state index contributed by atoms with van der Waals surface area (Å²) >= 11 is 0. The van der Waals surface area contributed by atoms with E-state index < -0.39 is 29.7 Å². The minimum absolute atomic E-state index is 0.139. The highest BCUT2D eigenvalue weighted by Gasteiger charge is 2.45. The molecule has 0 bridgehead atoms. The number of allylic oxidation sites excluding steroid dienone is 1. The number of esters is 1. The van der Waals surface area contributed by atoms with Crippen LogP contribution < -0.4 is 9.47 Å². The summed E-state index contributed by atoms with van der Waals surface area (Å²) in [5.74, 6) is -1.78. The summed E-state index contributed by atoms with van der Waals surface area (Å²) in [6.07, 6.45) is 1.71. The first kappa shape index (κ1) is 24.4. The number of rotatable bonds is 7. The topological polar surface area (TPSA) is 96.7 Å². The third kappa shape index (κ3) is 4.62. The smallest absolute Gasteiger partial charge is 0.335 e. The Labute approximate surface area is 209 Å². The summed E-state index contributed by atoms with van der Waals surface area (Å²) in [5.41, 5.74) is 2.44. The van der Waals surface area contributed by atoms with Gasteiger partial charge in [-0.25, -0.2) is 4.79 Å². The van der Waals surface area contributed by atoms with Gasteiger partial charge in [-0.05, 0) is 47.4 Å². The number of methoxy groups -OCH3 is 1. The molecule has 180 valence electrons. The average molecular weight is 481 g/mol. The standard InChI is InChI=1S/C29H24N2O5/c1-18(2)26(31-27(32)22-11-7-8-12-23(22)28(31)33)29(34)36-24-14-13-19(16-25(24)35-3)15-21(17-30)20-9-5-4-6-10-20/h4-16,18,26H,1-3H3/b21-15+. The number of benzene rings is 3. The van der Waals surface area contributed by atoms with Gasteiger partial charge in [0.2, 0.25) is 0 Å². The molecule has 1 aliphatic rings. The first-order valence-electron chi connectivity index (χ1n) is 11.4. The normalized spacial score (nSPS) is 13.9. The molecule has 0 spiro atoms. The van der Waals surface area contributed by atoms with Crippen molar-refractivity contribution in [2.24, 2.45) is 5.92 Å². The fraction of sp³-hybridized carbons (Fsp3) is 0.172. The van der Waals surface area contributed by atoms with Crippen molar-refractivity contribution in [3.05, 3.63) is 95.1 Å². The van der Waals surface area contributed by atoms with Gasteiger partial charge in [-0.2, -0.15) is 5.26 Å². The van der Waals surface area contributed by atoms with E-state index in [9.17, 15) is 19.6 Å². The zero-order valence-corrected chi connectivity index (χ0v) is 20.1. The lowest BCUT2D eigenvalue weighted by Crippen LogP contribution is -2.49. The van der Waals surface area contributed by atoms with Crippen LogP contribution in [0.4, 0.5) is 0 Å². The molecule has 7 heteroatoms. The zero-order valence-electron chi connectivity index (χ0n) is 20.1. The van der Waals surface area contributed by atoms with Crippen molar-refractivity contribution in [2.75, 3.05) is 7.11 Å². The lowest BCUT2D eigenvalue weighted by atomic mass is 10.0. The van der Waals surface area contributed by atoms with Crippen LogP contribution in [0.25, 0.3) is 11.6 Å². The third-order valence-electron chi connectivity index (χ3n) is 5.89. The van der Waals surface area contributed by atoms with Crippen LogP contribution in [-0.4, -0.2) is 35.8 Å². The Morgan fingerprint density at radius 1 is 0.917 bits per heavy atom. The van der Waals surface area contributed by atoms with Crippen molar-refractivity contribution in [1.82, 2.24) is 4.90 Å². The van der Waals surface area contributed by atoms with Crippen molar-refractivity contribution >= 4 is 29.4 Å². The highest BCUT2D eigenvalue weighted by Crippen LogP contribution is 2.32.